The Kier molecular flexibility index (Phi) is 2.75. The van der Waals surface area contributed by atoms with E-state index in [2.05, 4.69) is 4.98 Å². The van der Waals surface area contributed by atoms with Gasteiger partial charge in [0.25, 0.3) is 6.43 Å². The summed E-state index contributed by atoms with van der Waals surface area (Å²) in [5.41, 5.74) is 0.428. The van der Waals surface area contributed by atoms with E-state index in [-0.39, 0.29) is 5.69 Å². The second-order valence-electron chi connectivity index (χ2n) is 2.16. The van der Waals surface area contributed by atoms with Crippen molar-refractivity contribution in [3.05, 3.63) is 27.1 Å². The van der Waals surface area contributed by atoms with Crippen LogP contribution in [0.4, 0.5) is 8.78 Å². The van der Waals surface area contributed by atoms with Crippen LogP contribution in [0.2, 0.25) is 0 Å². The van der Waals surface area contributed by atoms with E-state index in [4.69, 9.17) is 0 Å². The summed E-state index contributed by atoms with van der Waals surface area (Å²) in [6.45, 7) is 1.64. The van der Waals surface area contributed by atoms with Gasteiger partial charge in [-0.3, -0.25) is 4.98 Å². The van der Waals surface area contributed by atoms with Gasteiger partial charge in [-0.1, -0.05) is 0 Å². The van der Waals surface area contributed by atoms with Crippen molar-refractivity contribution in [2.75, 3.05) is 0 Å². The summed E-state index contributed by atoms with van der Waals surface area (Å²) in [4.78, 5) is 3.62. The van der Waals surface area contributed by atoms with Crippen molar-refractivity contribution in [2.45, 2.75) is 13.3 Å². The van der Waals surface area contributed by atoms with Crippen LogP contribution < -0.4 is 0 Å². The predicted octanol–water partition coefficient (Wildman–Crippen LogP) is 2.93. The van der Waals surface area contributed by atoms with Gasteiger partial charge in [0.15, 0.2) is 0 Å². The largest absolute Gasteiger partial charge is 0.280 e. The summed E-state index contributed by atoms with van der Waals surface area (Å²) < 4.78 is 25.1. The fourth-order valence-electron chi connectivity index (χ4n) is 0.780. The molecular formula is C7H6F2IN. The molecule has 1 heterocycles. The standard InChI is InChI=1S/C7H6F2IN/c1-4-2-5(10)3-11-6(4)7(8)9/h2-3,7H,1H3. The van der Waals surface area contributed by atoms with Gasteiger partial charge in [-0.05, 0) is 41.1 Å². The molecule has 11 heavy (non-hydrogen) atoms. The topological polar surface area (TPSA) is 12.9 Å². The van der Waals surface area contributed by atoms with Gasteiger partial charge in [-0.25, -0.2) is 8.78 Å². The lowest BCUT2D eigenvalue weighted by molar-refractivity contribution is 0.145. The average molecular weight is 269 g/mol. The number of pyridine rings is 1. The highest BCUT2D eigenvalue weighted by Crippen LogP contribution is 2.20. The molecule has 0 bridgehead atoms. The van der Waals surface area contributed by atoms with Crippen molar-refractivity contribution in [2.24, 2.45) is 0 Å². The van der Waals surface area contributed by atoms with Crippen molar-refractivity contribution in [1.29, 1.82) is 0 Å². The molecule has 1 aromatic rings. The first-order valence-corrected chi connectivity index (χ1v) is 4.09. The summed E-state index contributed by atoms with van der Waals surface area (Å²) in [6, 6.07) is 1.69. The van der Waals surface area contributed by atoms with Gasteiger partial charge >= 0.3 is 0 Å². The highest BCUT2D eigenvalue weighted by Gasteiger charge is 2.11. The van der Waals surface area contributed by atoms with Crippen LogP contribution in [0.15, 0.2) is 12.3 Å². The third-order valence-electron chi connectivity index (χ3n) is 1.29. The molecule has 0 fully saturated rings. The molecule has 1 nitrogen and oxygen atoms in total. The molecule has 1 rings (SSSR count). The van der Waals surface area contributed by atoms with E-state index in [1.54, 1.807) is 13.0 Å². The minimum atomic E-state index is -2.47. The summed E-state index contributed by atoms with van der Waals surface area (Å²) in [6.07, 6.45) is -1.03. The van der Waals surface area contributed by atoms with E-state index in [9.17, 15) is 8.78 Å². The predicted molar refractivity (Wildman–Crippen MR) is 46.6 cm³/mol. The van der Waals surface area contributed by atoms with Crippen molar-refractivity contribution in [1.82, 2.24) is 4.98 Å². The maximum atomic E-state index is 12.1. The summed E-state index contributed by atoms with van der Waals surface area (Å²) in [5.74, 6) is 0. The second-order valence-corrected chi connectivity index (χ2v) is 3.40. The number of halogens is 3. The first-order valence-electron chi connectivity index (χ1n) is 3.01. The molecule has 0 saturated carbocycles. The number of hydrogen-bond donors (Lipinski definition) is 0. The maximum absolute atomic E-state index is 12.1. The van der Waals surface area contributed by atoms with Crippen LogP contribution in [0.3, 0.4) is 0 Å². The molecular weight excluding hydrogens is 263 g/mol. The summed E-state index contributed by atoms with van der Waals surface area (Å²) >= 11 is 2.04. The van der Waals surface area contributed by atoms with Gasteiger partial charge in [0.1, 0.15) is 5.69 Å². The molecule has 4 heteroatoms. The molecule has 0 aliphatic rings. The highest BCUT2D eigenvalue weighted by molar-refractivity contribution is 14.1. The van der Waals surface area contributed by atoms with E-state index in [1.807, 2.05) is 22.6 Å². The quantitative estimate of drug-likeness (QED) is 0.714. The lowest BCUT2D eigenvalue weighted by atomic mass is 10.2. The Bertz CT molecular complexity index is 263. The SMILES string of the molecule is Cc1cc(I)cnc1C(F)F. The van der Waals surface area contributed by atoms with Crippen molar-refractivity contribution >= 4 is 22.6 Å². The number of aromatic nitrogens is 1. The minimum Gasteiger partial charge on any atom is -0.254 e. The number of rotatable bonds is 1. The number of alkyl halides is 2. The Morgan fingerprint density at radius 2 is 2.18 bits per heavy atom. The fourth-order valence-corrected chi connectivity index (χ4v) is 1.39. The third-order valence-corrected chi connectivity index (χ3v) is 1.88. The van der Waals surface area contributed by atoms with Crippen LogP contribution in [0.5, 0.6) is 0 Å². The van der Waals surface area contributed by atoms with Gasteiger partial charge in [0.05, 0.1) is 0 Å². The first kappa shape index (κ1) is 8.83. The van der Waals surface area contributed by atoms with Crippen LogP contribution >= 0.6 is 22.6 Å². The summed E-state index contributed by atoms with van der Waals surface area (Å²) in [7, 11) is 0. The number of aryl methyl sites for hydroxylation is 1. The van der Waals surface area contributed by atoms with Crippen LogP contribution in [0, 0.1) is 10.5 Å². The molecule has 60 valence electrons. The van der Waals surface area contributed by atoms with E-state index < -0.39 is 6.43 Å². The lowest BCUT2D eigenvalue weighted by Crippen LogP contribution is -1.94. The van der Waals surface area contributed by atoms with Gasteiger partial charge in [0, 0.05) is 9.77 Å². The van der Waals surface area contributed by atoms with Gasteiger partial charge in [-0.2, -0.15) is 0 Å². The van der Waals surface area contributed by atoms with Crippen LogP contribution in [-0.4, -0.2) is 4.98 Å². The Labute approximate surface area is 77.0 Å². The smallest absolute Gasteiger partial charge is 0.254 e. The second kappa shape index (κ2) is 3.42. The molecule has 1 aromatic heterocycles. The summed E-state index contributed by atoms with van der Waals surface area (Å²) in [5, 5.41) is 0. The fraction of sp³-hybridized carbons (Fsp3) is 0.286. The lowest BCUT2D eigenvalue weighted by Gasteiger charge is -2.02. The normalized spacial score (nSPS) is 10.6. The Morgan fingerprint density at radius 1 is 1.55 bits per heavy atom. The van der Waals surface area contributed by atoms with Crippen molar-refractivity contribution < 1.29 is 8.78 Å². The first-order chi connectivity index (χ1) is 5.11. The van der Waals surface area contributed by atoms with E-state index >= 15 is 0 Å². The molecule has 0 N–H and O–H groups in total. The number of hydrogen-bond acceptors (Lipinski definition) is 1. The average Bonchev–Trinajstić information content (AvgIpc) is 1.85. The highest BCUT2D eigenvalue weighted by atomic mass is 127. The Morgan fingerprint density at radius 3 is 2.64 bits per heavy atom. The van der Waals surface area contributed by atoms with Crippen LogP contribution in [0.25, 0.3) is 0 Å². The van der Waals surface area contributed by atoms with Crippen LogP contribution in [0.1, 0.15) is 17.7 Å². The molecule has 0 aliphatic carbocycles. The van der Waals surface area contributed by atoms with E-state index in [0.29, 0.717) is 5.56 Å². The third kappa shape index (κ3) is 2.08. The zero-order valence-corrected chi connectivity index (χ0v) is 7.97. The Balaban J connectivity index is 3.09. The minimum absolute atomic E-state index is 0.120. The van der Waals surface area contributed by atoms with Crippen LogP contribution in [-0.2, 0) is 0 Å². The van der Waals surface area contributed by atoms with Crippen molar-refractivity contribution in [3.63, 3.8) is 0 Å². The molecule has 0 radical (unpaired) electrons. The molecule has 0 atom stereocenters. The zero-order chi connectivity index (χ0) is 8.43. The van der Waals surface area contributed by atoms with Gasteiger partial charge in [0.2, 0.25) is 0 Å². The molecule has 0 saturated heterocycles. The monoisotopic (exact) mass is 269 g/mol. The molecule has 0 aromatic carbocycles. The molecule has 0 unspecified atom stereocenters. The zero-order valence-electron chi connectivity index (χ0n) is 5.81. The molecule has 0 aliphatic heterocycles. The molecule has 0 spiro atoms. The molecule has 0 amide bonds. The van der Waals surface area contributed by atoms with E-state index in [0.717, 1.165) is 3.57 Å². The van der Waals surface area contributed by atoms with Gasteiger partial charge < -0.3 is 0 Å². The van der Waals surface area contributed by atoms with E-state index in [1.165, 1.54) is 6.20 Å². The maximum Gasteiger partial charge on any atom is 0.280 e. The van der Waals surface area contributed by atoms with Gasteiger partial charge in [-0.15, -0.1) is 0 Å². The number of nitrogens with zero attached hydrogens (tertiary/aromatic N) is 1. The van der Waals surface area contributed by atoms with Crippen molar-refractivity contribution in [3.8, 4) is 0 Å². The Hall–Kier alpha value is -0.260.